The highest BCUT2D eigenvalue weighted by Crippen LogP contribution is 2.42. The fourth-order valence-electron chi connectivity index (χ4n) is 5.58. The maximum Gasteiger partial charge on any atom is 0.175 e. The molecule has 36 heavy (non-hydrogen) atoms. The van der Waals surface area contributed by atoms with Crippen molar-refractivity contribution >= 4 is 22.3 Å². The summed E-state index contributed by atoms with van der Waals surface area (Å²) in [6, 6.07) is 17.7. The predicted octanol–water partition coefficient (Wildman–Crippen LogP) is 5.26. The summed E-state index contributed by atoms with van der Waals surface area (Å²) in [5, 5.41) is 14.8. The summed E-state index contributed by atoms with van der Waals surface area (Å²) in [7, 11) is 0. The van der Waals surface area contributed by atoms with Crippen molar-refractivity contribution in [3.05, 3.63) is 99.8 Å². The van der Waals surface area contributed by atoms with E-state index in [1.807, 2.05) is 6.20 Å². The van der Waals surface area contributed by atoms with Crippen molar-refractivity contribution in [2.24, 2.45) is 0 Å². The molecule has 2 aromatic carbocycles. The third-order valence-corrected chi connectivity index (χ3v) is 7.61. The number of aromatic nitrogens is 7. The molecule has 5 aromatic rings. The van der Waals surface area contributed by atoms with Crippen molar-refractivity contribution in [3.8, 4) is 0 Å². The van der Waals surface area contributed by atoms with E-state index in [2.05, 4.69) is 87.6 Å². The minimum Gasteiger partial charge on any atom is -0.308 e. The van der Waals surface area contributed by atoms with Gasteiger partial charge in [0.2, 0.25) is 0 Å². The molecule has 3 heterocycles. The molecule has 0 amide bonds. The first kappa shape index (κ1) is 21.2. The van der Waals surface area contributed by atoms with Crippen molar-refractivity contribution in [1.29, 1.82) is 0 Å². The largest absolute Gasteiger partial charge is 0.308 e. The number of fused-ring (bicyclic) bond motifs is 3. The number of hydrogen-bond donors (Lipinski definition) is 1. The van der Waals surface area contributed by atoms with Crippen LogP contribution in [0.4, 0.5) is 0 Å². The molecule has 0 unspecified atom stereocenters. The predicted molar refractivity (Wildman–Crippen MR) is 139 cm³/mol. The Morgan fingerprint density at radius 1 is 1.03 bits per heavy atom. The summed E-state index contributed by atoms with van der Waals surface area (Å²) in [6.07, 6.45) is 6.33. The number of nitrogens with zero attached hydrogens (tertiary/aromatic N) is 6. The number of H-pyrrole nitrogens is 1. The molecule has 1 saturated carbocycles. The Hall–Kier alpha value is -4.13. The zero-order valence-electron chi connectivity index (χ0n) is 20.5. The molecule has 1 N–H and O–H groups in total. The van der Waals surface area contributed by atoms with Crippen LogP contribution >= 0.6 is 0 Å². The van der Waals surface area contributed by atoms with E-state index in [4.69, 9.17) is 9.97 Å². The van der Waals surface area contributed by atoms with Crippen molar-refractivity contribution in [2.45, 2.75) is 52.0 Å². The SMILES string of the molecule is CC(=C1c2ccccc2CCc2cc(Cn3c(C4CC4)nc4c(C)ccnc43)ccc21)c1nnn[nH]1. The van der Waals surface area contributed by atoms with E-state index in [9.17, 15) is 0 Å². The van der Waals surface area contributed by atoms with Gasteiger partial charge in [0.1, 0.15) is 11.3 Å². The smallest absolute Gasteiger partial charge is 0.175 e. The first-order chi connectivity index (χ1) is 17.7. The number of pyridine rings is 1. The van der Waals surface area contributed by atoms with E-state index in [-0.39, 0.29) is 0 Å². The Morgan fingerprint density at radius 3 is 2.69 bits per heavy atom. The maximum atomic E-state index is 5.03. The molecular formula is C29H27N7. The Bertz CT molecular complexity index is 1640. The number of hydrogen-bond acceptors (Lipinski definition) is 5. The molecule has 0 radical (unpaired) electrons. The van der Waals surface area contributed by atoms with E-state index in [1.165, 1.54) is 57.6 Å². The summed E-state index contributed by atoms with van der Waals surface area (Å²) in [6.45, 7) is 5.01. The molecule has 2 aliphatic carbocycles. The fourth-order valence-corrected chi connectivity index (χ4v) is 5.58. The number of tetrazole rings is 1. The van der Waals surface area contributed by atoms with Crippen LogP contribution in [0.3, 0.4) is 0 Å². The van der Waals surface area contributed by atoms with Gasteiger partial charge in [-0.25, -0.2) is 15.1 Å². The van der Waals surface area contributed by atoms with Crippen LogP contribution in [0.5, 0.6) is 0 Å². The molecule has 0 bridgehead atoms. The number of imidazole rings is 1. The number of rotatable bonds is 4. The average Bonchev–Trinajstić information content (AvgIpc) is 3.50. The van der Waals surface area contributed by atoms with Crippen molar-refractivity contribution in [1.82, 2.24) is 35.2 Å². The van der Waals surface area contributed by atoms with Gasteiger partial charge in [-0.05, 0) is 95.0 Å². The van der Waals surface area contributed by atoms with Crippen LogP contribution in [0.15, 0.2) is 54.7 Å². The molecule has 1 fully saturated rings. The van der Waals surface area contributed by atoms with Gasteiger partial charge in [0, 0.05) is 17.7 Å². The second kappa shape index (κ2) is 8.22. The van der Waals surface area contributed by atoms with Gasteiger partial charge < -0.3 is 4.57 Å². The third kappa shape index (κ3) is 3.46. The lowest BCUT2D eigenvalue weighted by molar-refractivity contribution is 0.739. The average molecular weight is 474 g/mol. The molecule has 3 aromatic heterocycles. The van der Waals surface area contributed by atoms with E-state index >= 15 is 0 Å². The number of nitrogens with one attached hydrogen (secondary N) is 1. The van der Waals surface area contributed by atoms with E-state index < -0.39 is 0 Å². The lowest BCUT2D eigenvalue weighted by Gasteiger charge is -2.16. The molecule has 0 saturated heterocycles. The zero-order valence-corrected chi connectivity index (χ0v) is 20.5. The van der Waals surface area contributed by atoms with Crippen LogP contribution in [-0.2, 0) is 19.4 Å². The maximum absolute atomic E-state index is 5.03. The molecule has 2 aliphatic rings. The molecule has 7 rings (SSSR count). The van der Waals surface area contributed by atoms with Crippen LogP contribution in [-0.4, -0.2) is 35.2 Å². The van der Waals surface area contributed by atoms with Crippen LogP contribution in [0, 0.1) is 6.92 Å². The van der Waals surface area contributed by atoms with Crippen LogP contribution < -0.4 is 0 Å². The Balaban J connectivity index is 1.35. The first-order valence-corrected chi connectivity index (χ1v) is 12.6. The number of aromatic amines is 1. The normalized spacial score (nSPS) is 16.5. The van der Waals surface area contributed by atoms with Crippen molar-refractivity contribution < 1.29 is 0 Å². The highest BCUT2D eigenvalue weighted by Gasteiger charge is 2.30. The summed E-state index contributed by atoms with van der Waals surface area (Å²) < 4.78 is 2.34. The lowest BCUT2D eigenvalue weighted by Crippen LogP contribution is -2.06. The Morgan fingerprint density at radius 2 is 1.86 bits per heavy atom. The number of aryl methyl sites for hydroxylation is 3. The molecule has 0 aliphatic heterocycles. The van der Waals surface area contributed by atoms with Gasteiger partial charge in [-0.3, -0.25) is 0 Å². The van der Waals surface area contributed by atoms with Crippen molar-refractivity contribution in [3.63, 3.8) is 0 Å². The van der Waals surface area contributed by atoms with Gasteiger partial charge >= 0.3 is 0 Å². The highest BCUT2D eigenvalue weighted by molar-refractivity contribution is 5.98. The van der Waals surface area contributed by atoms with Crippen LogP contribution in [0.25, 0.3) is 22.3 Å². The fraction of sp³-hybridized carbons (Fsp3) is 0.276. The van der Waals surface area contributed by atoms with Gasteiger partial charge in [0.25, 0.3) is 0 Å². The summed E-state index contributed by atoms with van der Waals surface area (Å²) in [5.41, 5.74) is 12.0. The van der Waals surface area contributed by atoms with Gasteiger partial charge in [0.05, 0.1) is 6.54 Å². The zero-order chi connectivity index (χ0) is 24.2. The second-order valence-corrected chi connectivity index (χ2v) is 10.0. The Kier molecular flexibility index (Phi) is 4.84. The number of allylic oxidation sites excluding steroid dienone is 1. The Labute approximate surface area is 209 Å². The third-order valence-electron chi connectivity index (χ3n) is 7.61. The van der Waals surface area contributed by atoms with Crippen LogP contribution in [0.2, 0.25) is 0 Å². The summed E-state index contributed by atoms with van der Waals surface area (Å²) in [5.74, 6) is 2.45. The van der Waals surface area contributed by atoms with E-state index in [1.54, 1.807) is 0 Å². The van der Waals surface area contributed by atoms with Gasteiger partial charge in [-0.2, -0.15) is 0 Å². The lowest BCUT2D eigenvalue weighted by atomic mass is 9.89. The van der Waals surface area contributed by atoms with Gasteiger partial charge in [-0.1, -0.05) is 42.5 Å². The monoisotopic (exact) mass is 473 g/mol. The molecule has 7 heteroatoms. The summed E-state index contributed by atoms with van der Waals surface area (Å²) >= 11 is 0. The topological polar surface area (TPSA) is 85.2 Å². The minimum atomic E-state index is 0.557. The first-order valence-electron chi connectivity index (χ1n) is 12.6. The molecule has 0 atom stereocenters. The highest BCUT2D eigenvalue weighted by atomic mass is 15.5. The number of benzene rings is 2. The van der Waals surface area contributed by atoms with Crippen LogP contribution in [0.1, 0.15) is 70.7 Å². The molecule has 7 nitrogen and oxygen atoms in total. The van der Waals surface area contributed by atoms with Gasteiger partial charge in [-0.15, -0.1) is 5.10 Å². The molecule has 178 valence electrons. The molecule has 0 spiro atoms. The van der Waals surface area contributed by atoms with E-state index in [0.29, 0.717) is 11.7 Å². The van der Waals surface area contributed by atoms with Gasteiger partial charge in [0.15, 0.2) is 11.5 Å². The minimum absolute atomic E-state index is 0.557. The van der Waals surface area contributed by atoms with Crippen molar-refractivity contribution in [2.75, 3.05) is 0 Å². The standard InChI is InChI=1S/C29H27N7/c1-17-13-14-30-29-26(17)31-28(21-9-10-21)36(29)16-19-7-12-24-22(15-19)11-8-20-5-3-4-6-23(20)25(24)18(2)27-32-34-35-33-27/h3-7,12-15,21H,8-11,16H2,1-2H3,(H,32,33,34,35). The summed E-state index contributed by atoms with van der Waals surface area (Å²) in [4.78, 5) is 9.77. The quantitative estimate of drug-likeness (QED) is 0.385. The molecular weight excluding hydrogens is 446 g/mol. The second-order valence-electron chi connectivity index (χ2n) is 10.0. The van der Waals surface area contributed by atoms with E-state index in [0.717, 1.165) is 36.1 Å².